The van der Waals surface area contributed by atoms with Crippen molar-refractivity contribution >= 4 is 19.5 Å². The summed E-state index contributed by atoms with van der Waals surface area (Å²) >= 11 is 0. The Morgan fingerprint density at radius 3 is 2.63 bits per heavy atom. The van der Waals surface area contributed by atoms with E-state index in [4.69, 9.17) is 19.3 Å². The van der Waals surface area contributed by atoms with E-state index in [1.165, 1.54) is 19.4 Å². The van der Waals surface area contributed by atoms with Crippen molar-refractivity contribution < 1.29 is 38.3 Å². The lowest BCUT2D eigenvalue weighted by Gasteiger charge is -2.16. The maximum absolute atomic E-state index is 12.3. The van der Waals surface area contributed by atoms with Crippen molar-refractivity contribution in [3.8, 4) is 5.75 Å². The number of carbonyl (C=O) groups excluding carboxylic acids is 1. The first-order chi connectivity index (χ1) is 14.2. The molecule has 1 aromatic heterocycles. The van der Waals surface area contributed by atoms with Gasteiger partial charge >= 0.3 is 13.5 Å². The van der Waals surface area contributed by atoms with Gasteiger partial charge < -0.3 is 29.7 Å². The maximum Gasteiger partial charge on any atom is 0.469 e. The van der Waals surface area contributed by atoms with E-state index in [9.17, 15) is 19.3 Å². The normalized spacial score (nSPS) is 21.4. The predicted molar refractivity (Wildman–Crippen MR) is 102 cm³/mol. The van der Waals surface area contributed by atoms with E-state index in [0.717, 1.165) is 4.57 Å². The number of hydrogen-bond donors (Lipinski definition) is 4. The summed E-state index contributed by atoms with van der Waals surface area (Å²) in [4.78, 5) is 45.9. The Bertz CT molecular complexity index is 1000. The average Bonchev–Trinajstić information content (AvgIpc) is 3.06. The van der Waals surface area contributed by atoms with E-state index in [1.807, 2.05) is 0 Å². The Morgan fingerprint density at radius 1 is 1.33 bits per heavy atom. The molecule has 3 atom stereocenters. The van der Waals surface area contributed by atoms with Crippen molar-refractivity contribution in [1.29, 1.82) is 0 Å². The topological polar surface area (TPSA) is 169 Å². The molecule has 0 saturated carbocycles. The van der Waals surface area contributed by atoms with Gasteiger partial charge in [0.15, 0.2) is 0 Å². The SMILES string of the molecule is COc1ccc(C(=O)Nc2ccn(C3CC(O)C(COP(=O)(O)O)O3)c(=O)n2)cc1. The van der Waals surface area contributed by atoms with Crippen LogP contribution >= 0.6 is 7.82 Å². The lowest BCUT2D eigenvalue weighted by atomic mass is 10.2. The Kier molecular flexibility index (Phi) is 6.66. The molecule has 1 aliphatic heterocycles. The first kappa shape index (κ1) is 22.1. The number of methoxy groups -OCH3 is 1. The molecule has 0 bridgehead atoms. The third-order valence-electron chi connectivity index (χ3n) is 4.35. The lowest BCUT2D eigenvalue weighted by molar-refractivity contribution is -0.0450. The van der Waals surface area contributed by atoms with Gasteiger partial charge in [0.25, 0.3) is 5.91 Å². The summed E-state index contributed by atoms with van der Waals surface area (Å²) in [7, 11) is -3.21. The van der Waals surface area contributed by atoms with Crippen molar-refractivity contribution in [1.82, 2.24) is 9.55 Å². The second-order valence-corrected chi connectivity index (χ2v) is 7.64. The standard InChI is InChI=1S/C17H20N3O9P/c1-27-11-4-2-10(3-5-11)16(22)18-14-6-7-20(17(23)19-14)15-8-12(21)13(29-15)9-28-30(24,25)26/h2-7,12-13,15,21H,8-9H2,1H3,(H2,24,25,26)(H,18,19,22,23). The summed E-state index contributed by atoms with van der Waals surface area (Å²) in [6, 6.07) is 7.75. The van der Waals surface area contributed by atoms with Gasteiger partial charge in [0, 0.05) is 18.2 Å². The number of carbonyl (C=O) groups is 1. The van der Waals surface area contributed by atoms with Crippen LogP contribution < -0.4 is 15.7 Å². The number of anilines is 1. The highest BCUT2D eigenvalue weighted by Gasteiger charge is 2.37. The van der Waals surface area contributed by atoms with Gasteiger partial charge in [0.05, 0.1) is 19.8 Å². The summed E-state index contributed by atoms with van der Waals surface area (Å²) < 4.78 is 26.7. The van der Waals surface area contributed by atoms with Crippen LogP contribution in [0.5, 0.6) is 5.75 Å². The maximum atomic E-state index is 12.3. The van der Waals surface area contributed by atoms with Crippen molar-refractivity contribution in [2.75, 3.05) is 19.0 Å². The number of phosphoric ester groups is 1. The fourth-order valence-electron chi connectivity index (χ4n) is 2.84. The highest BCUT2D eigenvalue weighted by Crippen LogP contribution is 2.38. The third-order valence-corrected chi connectivity index (χ3v) is 4.83. The number of aliphatic hydroxyl groups excluding tert-OH is 1. The molecule has 12 nitrogen and oxygen atoms in total. The van der Waals surface area contributed by atoms with Gasteiger partial charge in [-0.2, -0.15) is 4.98 Å². The first-order valence-electron chi connectivity index (χ1n) is 8.74. The number of benzene rings is 1. The smallest absolute Gasteiger partial charge is 0.469 e. The second-order valence-electron chi connectivity index (χ2n) is 6.40. The van der Waals surface area contributed by atoms with Crippen molar-refractivity contribution in [3.05, 3.63) is 52.6 Å². The molecule has 3 rings (SSSR count). The Balaban J connectivity index is 1.65. The van der Waals surface area contributed by atoms with Crippen LogP contribution in [0.3, 0.4) is 0 Å². The van der Waals surface area contributed by atoms with Crippen molar-refractivity contribution in [3.63, 3.8) is 0 Å². The monoisotopic (exact) mass is 441 g/mol. The van der Waals surface area contributed by atoms with E-state index >= 15 is 0 Å². The van der Waals surface area contributed by atoms with E-state index in [1.54, 1.807) is 24.3 Å². The van der Waals surface area contributed by atoms with Crippen LogP contribution in [0.1, 0.15) is 23.0 Å². The summed E-state index contributed by atoms with van der Waals surface area (Å²) in [5, 5.41) is 12.5. The largest absolute Gasteiger partial charge is 0.497 e. The number of ether oxygens (including phenoxy) is 2. The van der Waals surface area contributed by atoms with Crippen molar-refractivity contribution in [2.45, 2.75) is 24.9 Å². The van der Waals surface area contributed by atoms with E-state index in [0.29, 0.717) is 11.3 Å². The molecule has 2 heterocycles. The molecule has 1 saturated heterocycles. The summed E-state index contributed by atoms with van der Waals surface area (Å²) in [6.07, 6.45) is -1.69. The molecular formula is C17H20N3O9P. The highest BCUT2D eigenvalue weighted by molar-refractivity contribution is 7.46. The summed E-state index contributed by atoms with van der Waals surface area (Å²) in [5.41, 5.74) is -0.395. The molecule has 1 aromatic carbocycles. The van der Waals surface area contributed by atoms with E-state index in [-0.39, 0.29) is 12.2 Å². The van der Waals surface area contributed by atoms with Gasteiger partial charge in [-0.05, 0) is 30.3 Å². The lowest BCUT2D eigenvalue weighted by Crippen LogP contribution is -2.29. The molecule has 1 amide bonds. The number of nitrogens with one attached hydrogen (secondary N) is 1. The number of hydrogen-bond acceptors (Lipinski definition) is 8. The van der Waals surface area contributed by atoms with Gasteiger partial charge in [-0.25, -0.2) is 9.36 Å². The van der Waals surface area contributed by atoms with Crippen LogP contribution in [0.25, 0.3) is 0 Å². The summed E-state index contributed by atoms with van der Waals surface area (Å²) in [6.45, 7) is -0.542. The van der Waals surface area contributed by atoms with E-state index in [2.05, 4.69) is 14.8 Å². The minimum atomic E-state index is -4.72. The summed E-state index contributed by atoms with van der Waals surface area (Å²) in [5.74, 6) is 0.150. The molecule has 162 valence electrons. The minimum absolute atomic E-state index is 0.00563. The zero-order valence-corrected chi connectivity index (χ0v) is 16.6. The molecule has 3 unspecified atom stereocenters. The van der Waals surface area contributed by atoms with Gasteiger partial charge in [0.2, 0.25) is 0 Å². The third kappa shape index (κ3) is 5.51. The zero-order chi connectivity index (χ0) is 21.9. The van der Waals surface area contributed by atoms with Crippen molar-refractivity contribution in [2.24, 2.45) is 0 Å². The number of aliphatic hydroxyl groups is 1. The van der Waals surface area contributed by atoms with Gasteiger partial charge in [-0.15, -0.1) is 0 Å². The molecule has 0 spiro atoms. The molecule has 13 heteroatoms. The molecule has 0 radical (unpaired) electrons. The fourth-order valence-corrected chi connectivity index (χ4v) is 3.18. The Morgan fingerprint density at radius 2 is 2.03 bits per heavy atom. The first-order valence-corrected chi connectivity index (χ1v) is 10.3. The second kappa shape index (κ2) is 9.04. The number of rotatable bonds is 7. The number of phosphoric acid groups is 1. The van der Waals surface area contributed by atoms with Gasteiger partial charge in [0.1, 0.15) is 23.9 Å². The van der Waals surface area contributed by atoms with Crippen LogP contribution in [0, 0.1) is 0 Å². The van der Waals surface area contributed by atoms with Crippen LogP contribution in [0.15, 0.2) is 41.3 Å². The number of aromatic nitrogens is 2. The van der Waals surface area contributed by atoms with Gasteiger partial charge in [-0.3, -0.25) is 13.9 Å². The molecule has 2 aromatic rings. The van der Waals surface area contributed by atoms with Crippen LogP contribution in [0.2, 0.25) is 0 Å². The van der Waals surface area contributed by atoms with Gasteiger partial charge in [-0.1, -0.05) is 0 Å². The molecule has 0 aliphatic carbocycles. The van der Waals surface area contributed by atoms with Crippen LogP contribution in [-0.4, -0.2) is 56.3 Å². The Hall–Kier alpha value is -2.60. The molecule has 1 aliphatic rings. The quantitative estimate of drug-likeness (QED) is 0.437. The molecule has 1 fully saturated rings. The van der Waals surface area contributed by atoms with Crippen LogP contribution in [0.4, 0.5) is 5.82 Å². The molecule has 4 N–H and O–H groups in total. The molecule has 30 heavy (non-hydrogen) atoms. The van der Waals surface area contributed by atoms with E-state index < -0.39 is 44.5 Å². The number of nitrogens with zero attached hydrogens (tertiary/aromatic N) is 2. The average molecular weight is 441 g/mol. The number of amides is 1. The molecular weight excluding hydrogens is 421 g/mol. The predicted octanol–water partition coefficient (Wildman–Crippen LogP) is 0.262. The fraction of sp³-hybridized carbons (Fsp3) is 0.353. The minimum Gasteiger partial charge on any atom is -0.497 e. The Labute approximate surface area is 170 Å². The highest BCUT2D eigenvalue weighted by atomic mass is 31.2. The van der Waals surface area contributed by atoms with Crippen LogP contribution in [-0.2, 0) is 13.8 Å². The zero-order valence-electron chi connectivity index (χ0n) is 15.7.